The summed E-state index contributed by atoms with van der Waals surface area (Å²) in [6.45, 7) is 7.85. The summed E-state index contributed by atoms with van der Waals surface area (Å²) in [5, 5.41) is 21.1. The number of aromatic hydroxyl groups is 2. The topological polar surface area (TPSA) is 83.6 Å². The van der Waals surface area contributed by atoms with Crippen LogP contribution in [-0.4, -0.2) is 33.8 Å². The molecule has 0 aromatic heterocycles. The van der Waals surface area contributed by atoms with Crippen LogP contribution in [0.4, 0.5) is 11.4 Å². The lowest BCUT2D eigenvalue weighted by molar-refractivity contribution is 0.158. The molecular weight excluding hydrogens is 452 g/mol. The van der Waals surface area contributed by atoms with Gasteiger partial charge in [-0.2, -0.15) is 0 Å². The van der Waals surface area contributed by atoms with Crippen LogP contribution in [0.3, 0.4) is 0 Å². The van der Waals surface area contributed by atoms with Gasteiger partial charge in [-0.1, -0.05) is 24.3 Å². The van der Waals surface area contributed by atoms with E-state index in [1.54, 1.807) is 24.6 Å². The molecule has 6 heteroatoms. The highest BCUT2D eigenvalue weighted by atomic mass is 16.5. The Bertz CT molecular complexity index is 1350. The highest BCUT2D eigenvalue weighted by Crippen LogP contribution is 2.37. The number of rotatable bonds is 4. The molecule has 2 heterocycles. The molecule has 5 rings (SSSR count). The maximum absolute atomic E-state index is 10.5. The molecule has 0 atom stereocenters. The first kappa shape index (κ1) is 23.4. The Morgan fingerprint density at radius 2 is 1.08 bits per heavy atom. The minimum atomic E-state index is -0.418. The number of nitrogens with zero attached hydrogens (tertiary/aromatic N) is 2. The highest BCUT2D eigenvalue weighted by Gasteiger charge is 2.23. The number of hydrogen-bond donors (Lipinski definition) is 2. The van der Waals surface area contributed by atoms with Gasteiger partial charge in [0.1, 0.15) is 34.2 Å². The third kappa shape index (κ3) is 4.89. The number of phenolic OH excluding ortho intramolecular Hbond substituents is 2. The lowest BCUT2D eigenvalue weighted by Gasteiger charge is -2.28. The Morgan fingerprint density at radius 1 is 0.667 bits per heavy atom. The van der Waals surface area contributed by atoms with Crippen molar-refractivity contribution in [3.8, 4) is 23.0 Å². The lowest BCUT2D eigenvalue weighted by atomic mass is 10.0. The van der Waals surface area contributed by atoms with E-state index in [0.29, 0.717) is 34.0 Å². The van der Waals surface area contributed by atoms with Gasteiger partial charge in [0, 0.05) is 46.8 Å². The van der Waals surface area contributed by atoms with Crippen LogP contribution in [0.2, 0.25) is 0 Å². The van der Waals surface area contributed by atoms with Crippen LogP contribution >= 0.6 is 0 Å². The van der Waals surface area contributed by atoms with E-state index in [0.717, 1.165) is 11.1 Å². The van der Waals surface area contributed by atoms with Gasteiger partial charge in [-0.25, -0.2) is 0 Å². The van der Waals surface area contributed by atoms with E-state index < -0.39 is 11.2 Å². The average Bonchev–Trinajstić information content (AvgIpc) is 2.81. The van der Waals surface area contributed by atoms with Crippen molar-refractivity contribution < 1.29 is 19.7 Å². The minimum absolute atomic E-state index is 0.0852. The fourth-order valence-corrected chi connectivity index (χ4v) is 4.03. The van der Waals surface area contributed by atoms with E-state index in [1.165, 1.54) is 0 Å². The van der Waals surface area contributed by atoms with Gasteiger partial charge < -0.3 is 19.7 Å². The van der Waals surface area contributed by atoms with Crippen LogP contribution in [0.1, 0.15) is 49.9 Å². The van der Waals surface area contributed by atoms with Gasteiger partial charge in [0.05, 0.1) is 11.4 Å². The van der Waals surface area contributed by atoms with Crippen LogP contribution in [0.5, 0.6) is 23.0 Å². The second-order valence-electron chi connectivity index (χ2n) is 9.98. The Labute approximate surface area is 210 Å². The van der Waals surface area contributed by atoms with Crippen molar-refractivity contribution in [2.45, 2.75) is 38.9 Å². The summed E-state index contributed by atoms with van der Waals surface area (Å²) in [5.41, 5.74) is 3.32. The predicted molar refractivity (Wildman–Crippen MR) is 145 cm³/mol. The summed E-state index contributed by atoms with van der Waals surface area (Å²) >= 11 is 0. The van der Waals surface area contributed by atoms with Gasteiger partial charge >= 0.3 is 0 Å². The summed E-state index contributed by atoms with van der Waals surface area (Å²) in [6.07, 6.45) is 11.2. The number of benzene rings is 3. The van der Waals surface area contributed by atoms with Crippen molar-refractivity contribution in [2.24, 2.45) is 9.98 Å². The van der Waals surface area contributed by atoms with Gasteiger partial charge in [-0.05, 0) is 64.1 Å². The molecule has 3 aromatic carbocycles. The zero-order chi connectivity index (χ0) is 25.5. The molecule has 0 saturated heterocycles. The monoisotopic (exact) mass is 480 g/mol. The smallest absolute Gasteiger partial charge is 0.131 e. The number of aliphatic imine (C=N–C) groups is 2. The normalized spacial score (nSPS) is 17.0. The molecule has 0 amide bonds. The first-order valence-electron chi connectivity index (χ1n) is 11.8. The van der Waals surface area contributed by atoms with Crippen LogP contribution in [-0.2, 0) is 0 Å². The third-order valence-corrected chi connectivity index (χ3v) is 5.96. The number of para-hydroxylation sites is 2. The molecule has 0 aliphatic carbocycles. The summed E-state index contributed by atoms with van der Waals surface area (Å²) in [7, 11) is 0. The van der Waals surface area contributed by atoms with Gasteiger partial charge in [0.2, 0.25) is 0 Å². The summed E-state index contributed by atoms with van der Waals surface area (Å²) in [5.74, 6) is 1.44. The van der Waals surface area contributed by atoms with Crippen molar-refractivity contribution in [2.75, 3.05) is 0 Å². The molecule has 0 spiro atoms. The molecule has 2 aliphatic heterocycles. The van der Waals surface area contributed by atoms with Crippen molar-refractivity contribution in [1.29, 1.82) is 0 Å². The maximum atomic E-state index is 10.5. The first-order chi connectivity index (χ1) is 17.1. The summed E-state index contributed by atoms with van der Waals surface area (Å²) < 4.78 is 11.8. The Balaban J connectivity index is 1.41. The Hall–Kier alpha value is -4.32. The fraction of sp³-hybridized carbons (Fsp3) is 0.200. The molecule has 2 aliphatic rings. The second-order valence-corrected chi connectivity index (χ2v) is 9.98. The standard InChI is InChI=1S/C30H28N2O4/c1-29(2)11-9-19-13-21(25(33)15-27(19)35-29)17-31-23-7-5-6-8-24(23)32-18-22-14-20-10-12-30(3,4)36-28(20)16-26(22)34/h5-18,33-34H,1-4H3. The molecule has 6 nitrogen and oxygen atoms in total. The highest BCUT2D eigenvalue weighted by molar-refractivity contribution is 5.91. The van der Waals surface area contributed by atoms with Crippen LogP contribution in [0, 0.1) is 0 Å². The minimum Gasteiger partial charge on any atom is -0.507 e. The van der Waals surface area contributed by atoms with E-state index in [4.69, 9.17) is 9.47 Å². The lowest BCUT2D eigenvalue weighted by Crippen LogP contribution is -2.27. The molecule has 0 unspecified atom stereocenters. The van der Waals surface area contributed by atoms with E-state index in [1.807, 2.05) is 88.4 Å². The largest absolute Gasteiger partial charge is 0.507 e. The third-order valence-electron chi connectivity index (χ3n) is 5.96. The predicted octanol–water partition coefficient (Wildman–Crippen LogP) is 6.97. The molecule has 3 aromatic rings. The number of fused-ring (bicyclic) bond motifs is 2. The number of ether oxygens (including phenoxy) is 2. The van der Waals surface area contributed by atoms with Crippen molar-refractivity contribution in [3.05, 3.63) is 82.9 Å². The van der Waals surface area contributed by atoms with Crippen LogP contribution in [0.15, 0.2) is 70.7 Å². The van der Waals surface area contributed by atoms with Gasteiger partial charge in [0.25, 0.3) is 0 Å². The molecule has 182 valence electrons. The maximum Gasteiger partial charge on any atom is 0.131 e. The molecule has 2 N–H and O–H groups in total. The molecule has 0 bridgehead atoms. The molecule has 0 saturated carbocycles. The second kappa shape index (κ2) is 8.72. The van der Waals surface area contributed by atoms with E-state index >= 15 is 0 Å². The van der Waals surface area contributed by atoms with Gasteiger partial charge in [-0.15, -0.1) is 0 Å². The zero-order valence-electron chi connectivity index (χ0n) is 20.7. The zero-order valence-corrected chi connectivity index (χ0v) is 20.7. The van der Waals surface area contributed by atoms with E-state index in [9.17, 15) is 10.2 Å². The van der Waals surface area contributed by atoms with Crippen LogP contribution < -0.4 is 9.47 Å². The summed E-state index contributed by atoms with van der Waals surface area (Å²) in [6, 6.07) is 14.3. The Morgan fingerprint density at radius 3 is 1.50 bits per heavy atom. The van der Waals surface area contributed by atoms with E-state index in [-0.39, 0.29) is 11.5 Å². The average molecular weight is 481 g/mol. The molecule has 0 radical (unpaired) electrons. The Kier molecular flexibility index (Phi) is 5.67. The van der Waals surface area contributed by atoms with Crippen molar-refractivity contribution in [1.82, 2.24) is 0 Å². The first-order valence-corrected chi connectivity index (χ1v) is 11.8. The molecule has 36 heavy (non-hydrogen) atoms. The summed E-state index contributed by atoms with van der Waals surface area (Å²) in [4.78, 5) is 9.16. The van der Waals surface area contributed by atoms with Crippen molar-refractivity contribution in [3.63, 3.8) is 0 Å². The SMILES string of the molecule is CC1(C)C=Cc2cc(C=Nc3ccccc3N=Cc3cc4c(cc3O)OC(C)(C)C=C4)c(O)cc2O1. The van der Waals surface area contributed by atoms with Gasteiger partial charge in [0.15, 0.2) is 0 Å². The van der Waals surface area contributed by atoms with Crippen molar-refractivity contribution >= 4 is 36.0 Å². The fourth-order valence-electron chi connectivity index (χ4n) is 4.03. The quantitative estimate of drug-likeness (QED) is 0.395. The number of phenols is 2. The molecule has 0 fully saturated rings. The van der Waals surface area contributed by atoms with Gasteiger partial charge in [-0.3, -0.25) is 9.98 Å². The van der Waals surface area contributed by atoms with E-state index in [2.05, 4.69) is 9.98 Å². The number of hydrogen-bond acceptors (Lipinski definition) is 6. The molecular formula is C30H28N2O4. The van der Waals surface area contributed by atoms with Crippen LogP contribution in [0.25, 0.3) is 12.2 Å².